The highest BCUT2D eigenvalue weighted by atomic mass is 79.9. The summed E-state index contributed by atoms with van der Waals surface area (Å²) in [5.41, 5.74) is 3.42. The number of anilines is 1. The van der Waals surface area contributed by atoms with E-state index in [2.05, 4.69) is 59.1 Å². The highest BCUT2D eigenvalue weighted by Gasteiger charge is 1.95. The summed E-state index contributed by atoms with van der Waals surface area (Å²) in [6.45, 7) is 2.10. The lowest BCUT2D eigenvalue weighted by atomic mass is 10.2. The minimum atomic E-state index is 0.871. The van der Waals surface area contributed by atoms with Crippen molar-refractivity contribution in [1.29, 1.82) is 0 Å². The molecule has 0 aromatic heterocycles. The van der Waals surface area contributed by atoms with Crippen LogP contribution in [0.25, 0.3) is 0 Å². The third-order valence-electron chi connectivity index (χ3n) is 1.65. The van der Waals surface area contributed by atoms with Gasteiger partial charge in [0.15, 0.2) is 0 Å². The molecule has 0 atom stereocenters. The predicted molar refractivity (Wildman–Crippen MR) is 53.4 cm³/mol. The summed E-state index contributed by atoms with van der Waals surface area (Å²) in [6.07, 6.45) is 0. The third kappa shape index (κ3) is 2.22. The average molecular weight is 214 g/mol. The van der Waals surface area contributed by atoms with Gasteiger partial charge >= 0.3 is 0 Å². The Hall–Kier alpha value is -0.500. The maximum Gasteiger partial charge on any atom is 0.0732 e. The molecule has 0 amide bonds. The van der Waals surface area contributed by atoms with E-state index < -0.39 is 0 Å². The zero-order valence-electron chi connectivity index (χ0n) is 6.84. The molecule has 2 heteroatoms. The molecule has 0 radical (unpaired) electrons. The van der Waals surface area contributed by atoms with Gasteiger partial charge in [-0.15, -0.1) is 0 Å². The van der Waals surface area contributed by atoms with Gasteiger partial charge in [0.2, 0.25) is 0 Å². The Morgan fingerprint density at radius 1 is 1.27 bits per heavy atom. The van der Waals surface area contributed by atoms with E-state index in [0.29, 0.717) is 0 Å². The van der Waals surface area contributed by atoms with Gasteiger partial charge < -0.3 is 4.90 Å². The Morgan fingerprint density at radius 3 is 2.27 bits per heavy atom. The van der Waals surface area contributed by atoms with Crippen LogP contribution in [0.15, 0.2) is 24.3 Å². The summed E-state index contributed by atoms with van der Waals surface area (Å²) in [7, 11) is 2.05. The number of hydrogen-bond donors (Lipinski definition) is 0. The molecule has 0 saturated carbocycles. The third-order valence-corrected chi connectivity index (χ3v) is 2.41. The molecule has 0 heterocycles. The zero-order valence-corrected chi connectivity index (χ0v) is 8.43. The van der Waals surface area contributed by atoms with Crippen LogP contribution >= 0.6 is 15.9 Å². The minimum Gasteiger partial charge on any atom is -0.365 e. The summed E-state index contributed by atoms with van der Waals surface area (Å²) in [4.78, 5) is 2.14. The summed E-state index contributed by atoms with van der Waals surface area (Å²) in [5.74, 6) is 0. The summed E-state index contributed by atoms with van der Waals surface area (Å²) >= 11 is 3.40. The van der Waals surface area contributed by atoms with Gasteiger partial charge in [-0.25, -0.2) is 0 Å². The first-order valence-electron chi connectivity index (χ1n) is 3.58. The maximum absolute atomic E-state index is 3.40. The Bertz CT molecular complexity index is 218. The van der Waals surface area contributed by atoms with Gasteiger partial charge in [-0.1, -0.05) is 33.6 Å². The van der Waals surface area contributed by atoms with Crippen molar-refractivity contribution >= 4 is 21.6 Å². The quantitative estimate of drug-likeness (QED) is 0.540. The Balaban J connectivity index is 2.81. The maximum atomic E-state index is 3.40. The van der Waals surface area contributed by atoms with E-state index in [-0.39, 0.29) is 0 Å². The highest BCUT2D eigenvalue weighted by Crippen LogP contribution is 2.13. The molecule has 0 bridgehead atoms. The van der Waals surface area contributed by atoms with Crippen molar-refractivity contribution in [3.05, 3.63) is 29.8 Å². The van der Waals surface area contributed by atoms with Crippen LogP contribution in [0, 0.1) is 6.92 Å². The molecular formula is C9H12BrN. The van der Waals surface area contributed by atoms with Crippen molar-refractivity contribution < 1.29 is 0 Å². The number of aryl methyl sites for hydroxylation is 1. The fourth-order valence-electron chi connectivity index (χ4n) is 0.868. The number of nitrogens with zero attached hydrogens (tertiary/aromatic N) is 1. The molecule has 0 unspecified atom stereocenters. The second kappa shape index (κ2) is 3.77. The number of alkyl halides is 1. The molecule has 0 fully saturated rings. The van der Waals surface area contributed by atoms with Crippen LogP contribution < -0.4 is 4.90 Å². The first kappa shape index (κ1) is 8.60. The summed E-state index contributed by atoms with van der Waals surface area (Å²) in [5, 5.41) is 0. The van der Waals surface area contributed by atoms with Crippen molar-refractivity contribution in [2.45, 2.75) is 6.92 Å². The molecule has 11 heavy (non-hydrogen) atoms. The molecule has 1 aromatic carbocycles. The molecule has 1 aromatic rings. The van der Waals surface area contributed by atoms with Crippen molar-refractivity contribution in [1.82, 2.24) is 0 Å². The van der Waals surface area contributed by atoms with E-state index in [0.717, 1.165) is 5.45 Å². The van der Waals surface area contributed by atoms with Crippen LogP contribution in [0.5, 0.6) is 0 Å². The van der Waals surface area contributed by atoms with Crippen LogP contribution in [0.4, 0.5) is 5.69 Å². The molecule has 0 aliphatic rings. The molecule has 1 nitrogen and oxygen atoms in total. The number of benzene rings is 1. The minimum absolute atomic E-state index is 0.871. The summed E-state index contributed by atoms with van der Waals surface area (Å²) < 4.78 is 0. The van der Waals surface area contributed by atoms with E-state index in [1.165, 1.54) is 11.3 Å². The zero-order chi connectivity index (χ0) is 8.27. The van der Waals surface area contributed by atoms with E-state index in [1.807, 2.05) is 0 Å². The van der Waals surface area contributed by atoms with E-state index in [4.69, 9.17) is 0 Å². The van der Waals surface area contributed by atoms with Gasteiger partial charge in [0.25, 0.3) is 0 Å². The van der Waals surface area contributed by atoms with Gasteiger partial charge in [0, 0.05) is 12.7 Å². The molecule has 0 N–H and O–H groups in total. The lowest BCUT2D eigenvalue weighted by Gasteiger charge is -2.15. The molecule has 0 aliphatic heterocycles. The first-order chi connectivity index (χ1) is 5.24. The van der Waals surface area contributed by atoms with E-state index in [9.17, 15) is 0 Å². The fourth-order valence-corrected chi connectivity index (χ4v) is 1.16. The van der Waals surface area contributed by atoms with Gasteiger partial charge in [-0.05, 0) is 19.1 Å². The normalized spacial score (nSPS) is 9.73. The fraction of sp³-hybridized carbons (Fsp3) is 0.333. The van der Waals surface area contributed by atoms with Crippen LogP contribution in [-0.2, 0) is 0 Å². The van der Waals surface area contributed by atoms with Crippen LogP contribution in [0.2, 0.25) is 0 Å². The topological polar surface area (TPSA) is 3.24 Å². The van der Waals surface area contributed by atoms with Crippen molar-refractivity contribution in [3.63, 3.8) is 0 Å². The number of rotatable bonds is 2. The second-order valence-corrected chi connectivity index (χ2v) is 3.15. The Kier molecular flexibility index (Phi) is 2.94. The lowest BCUT2D eigenvalue weighted by Crippen LogP contribution is -2.13. The molecule has 0 aliphatic carbocycles. The first-order valence-corrected chi connectivity index (χ1v) is 4.70. The largest absolute Gasteiger partial charge is 0.365 e. The second-order valence-electron chi connectivity index (χ2n) is 2.65. The predicted octanol–water partition coefficient (Wildman–Crippen LogP) is 2.78. The van der Waals surface area contributed by atoms with Gasteiger partial charge in [-0.2, -0.15) is 0 Å². The number of hydrogen-bond acceptors (Lipinski definition) is 1. The smallest absolute Gasteiger partial charge is 0.0732 e. The van der Waals surface area contributed by atoms with Gasteiger partial charge in [0.1, 0.15) is 0 Å². The number of halogens is 1. The Labute approximate surface area is 76.2 Å². The molecule has 0 saturated heterocycles. The molecule has 1 rings (SSSR count). The SMILES string of the molecule is Cc1ccc(N(C)CBr)cc1. The standard InChI is InChI=1S/C9H12BrN/c1-8-3-5-9(6-4-8)11(2)7-10/h3-6H,7H2,1-2H3. The molecular weight excluding hydrogens is 202 g/mol. The Morgan fingerprint density at radius 2 is 1.82 bits per heavy atom. The van der Waals surface area contributed by atoms with Crippen LogP contribution in [0.3, 0.4) is 0 Å². The lowest BCUT2D eigenvalue weighted by molar-refractivity contribution is 1.10. The van der Waals surface area contributed by atoms with Crippen molar-refractivity contribution in [3.8, 4) is 0 Å². The van der Waals surface area contributed by atoms with Crippen LogP contribution in [0.1, 0.15) is 5.56 Å². The van der Waals surface area contributed by atoms with E-state index in [1.54, 1.807) is 0 Å². The van der Waals surface area contributed by atoms with Gasteiger partial charge in [0.05, 0.1) is 5.45 Å². The van der Waals surface area contributed by atoms with Crippen molar-refractivity contribution in [2.24, 2.45) is 0 Å². The van der Waals surface area contributed by atoms with Crippen LogP contribution in [-0.4, -0.2) is 12.5 Å². The van der Waals surface area contributed by atoms with E-state index >= 15 is 0 Å². The highest BCUT2D eigenvalue weighted by molar-refractivity contribution is 9.09. The monoisotopic (exact) mass is 213 g/mol. The van der Waals surface area contributed by atoms with Gasteiger partial charge in [-0.3, -0.25) is 0 Å². The molecule has 60 valence electrons. The molecule has 0 spiro atoms. The van der Waals surface area contributed by atoms with Crippen molar-refractivity contribution in [2.75, 3.05) is 17.4 Å². The summed E-state index contributed by atoms with van der Waals surface area (Å²) in [6, 6.07) is 8.48. The average Bonchev–Trinajstić information content (AvgIpc) is 2.05.